The molecule has 19 heavy (non-hydrogen) atoms. The van der Waals surface area contributed by atoms with Gasteiger partial charge in [0, 0.05) is 34.7 Å². The van der Waals surface area contributed by atoms with Crippen molar-refractivity contribution in [2.45, 2.75) is 51.4 Å². The standard InChI is InChI=1S/C14H24N2S3/c1-4-5-11-12(8-15-10(2)3)19-14(16-11)13-9-17-6-7-18-13/h10,13,15H,4-9H2,1-3H3. The van der Waals surface area contributed by atoms with Gasteiger partial charge in [-0.05, 0) is 6.42 Å². The van der Waals surface area contributed by atoms with Crippen molar-refractivity contribution in [3.8, 4) is 0 Å². The van der Waals surface area contributed by atoms with Gasteiger partial charge in [-0.25, -0.2) is 4.98 Å². The van der Waals surface area contributed by atoms with E-state index in [1.54, 1.807) is 0 Å². The van der Waals surface area contributed by atoms with Gasteiger partial charge in [-0.3, -0.25) is 0 Å². The highest BCUT2D eigenvalue weighted by molar-refractivity contribution is 8.06. The third-order valence-electron chi connectivity index (χ3n) is 3.04. The average Bonchev–Trinajstić information content (AvgIpc) is 2.81. The molecule has 5 heteroatoms. The second-order valence-corrected chi connectivity index (χ2v) is 8.72. The first-order valence-electron chi connectivity index (χ1n) is 7.12. The predicted molar refractivity (Wildman–Crippen MR) is 90.6 cm³/mol. The van der Waals surface area contributed by atoms with Gasteiger partial charge in [-0.1, -0.05) is 27.2 Å². The molecule has 1 fully saturated rings. The van der Waals surface area contributed by atoms with Crippen LogP contribution in [0.1, 0.15) is 48.0 Å². The van der Waals surface area contributed by atoms with Gasteiger partial charge in [0.15, 0.2) is 0 Å². The van der Waals surface area contributed by atoms with E-state index in [-0.39, 0.29) is 0 Å². The maximum atomic E-state index is 4.95. The Morgan fingerprint density at radius 1 is 1.37 bits per heavy atom. The van der Waals surface area contributed by atoms with E-state index < -0.39 is 0 Å². The molecule has 1 saturated heterocycles. The Morgan fingerprint density at radius 2 is 2.21 bits per heavy atom. The number of hydrogen-bond acceptors (Lipinski definition) is 5. The number of thioether (sulfide) groups is 2. The Hall–Kier alpha value is 0.290. The number of nitrogens with zero attached hydrogens (tertiary/aromatic N) is 1. The van der Waals surface area contributed by atoms with Crippen molar-refractivity contribution >= 4 is 34.9 Å². The average molecular weight is 317 g/mol. The fourth-order valence-electron chi connectivity index (χ4n) is 2.04. The summed E-state index contributed by atoms with van der Waals surface area (Å²) >= 11 is 6.10. The summed E-state index contributed by atoms with van der Waals surface area (Å²) in [6, 6.07) is 0.541. The van der Waals surface area contributed by atoms with Crippen LogP contribution < -0.4 is 5.32 Å². The monoisotopic (exact) mass is 316 g/mol. The number of thiazole rings is 1. The van der Waals surface area contributed by atoms with Crippen molar-refractivity contribution in [3.63, 3.8) is 0 Å². The van der Waals surface area contributed by atoms with E-state index in [0.29, 0.717) is 11.3 Å². The molecule has 1 atom stereocenters. The van der Waals surface area contributed by atoms with Gasteiger partial charge in [0.05, 0.1) is 10.9 Å². The second kappa shape index (κ2) is 7.91. The molecule has 0 saturated carbocycles. The van der Waals surface area contributed by atoms with Gasteiger partial charge in [0.1, 0.15) is 5.01 Å². The summed E-state index contributed by atoms with van der Waals surface area (Å²) in [4.78, 5) is 6.41. The summed E-state index contributed by atoms with van der Waals surface area (Å²) < 4.78 is 0. The molecule has 0 amide bonds. The summed E-state index contributed by atoms with van der Waals surface area (Å²) in [7, 11) is 0. The molecular formula is C14H24N2S3. The summed E-state index contributed by atoms with van der Waals surface area (Å²) in [5.74, 6) is 3.81. The van der Waals surface area contributed by atoms with Crippen molar-refractivity contribution in [2.24, 2.45) is 0 Å². The van der Waals surface area contributed by atoms with Crippen LogP contribution in [0.5, 0.6) is 0 Å². The van der Waals surface area contributed by atoms with Gasteiger partial charge in [-0.15, -0.1) is 23.1 Å². The number of aryl methyl sites for hydroxylation is 1. The summed E-state index contributed by atoms with van der Waals surface area (Å²) in [6.45, 7) is 7.63. The summed E-state index contributed by atoms with van der Waals surface area (Å²) in [5.41, 5.74) is 1.34. The minimum absolute atomic E-state index is 0.541. The number of hydrogen-bond donors (Lipinski definition) is 1. The van der Waals surface area contributed by atoms with Crippen LogP contribution in [0.25, 0.3) is 0 Å². The molecule has 0 bridgehead atoms. The van der Waals surface area contributed by atoms with Crippen LogP contribution in [0.4, 0.5) is 0 Å². The highest BCUT2D eigenvalue weighted by Crippen LogP contribution is 2.39. The first-order valence-corrected chi connectivity index (χ1v) is 10.1. The second-order valence-electron chi connectivity index (χ2n) is 5.14. The Morgan fingerprint density at radius 3 is 2.84 bits per heavy atom. The maximum Gasteiger partial charge on any atom is 0.107 e. The molecular weight excluding hydrogens is 292 g/mol. The molecule has 0 aliphatic carbocycles. The highest BCUT2D eigenvalue weighted by atomic mass is 32.2. The summed E-state index contributed by atoms with van der Waals surface area (Å²) in [6.07, 6.45) is 2.31. The minimum Gasteiger partial charge on any atom is -0.310 e. The number of nitrogens with one attached hydrogen (secondary N) is 1. The van der Waals surface area contributed by atoms with Crippen LogP contribution in [0.15, 0.2) is 0 Å². The molecule has 2 heterocycles. The molecule has 1 aromatic heterocycles. The van der Waals surface area contributed by atoms with Gasteiger partial charge < -0.3 is 5.32 Å². The Balaban J connectivity index is 2.08. The lowest BCUT2D eigenvalue weighted by molar-refractivity contribution is 0.589. The van der Waals surface area contributed by atoms with Crippen molar-refractivity contribution in [3.05, 3.63) is 15.6 Å². The lowest BCUT2D eigenvalue weighted by Gasteiger charge is -2.18. The van der Waals surface area contributed by atoms with E-state index >= 15 is 0 Å². The molecule has 1 aliphatic heterocycles. The van der Waals surface area contributed by atoms with E-state index in [1.165, 1.54) is 39.3 Å². The van der Waals surface area contributed by atoms with Crippen LogP contribution in [0, 0.1) is 0 Å². The predicted octanol–water partition coefficient (Wildman–Crippen LogP) is 4.11. The van der Waals surface area contributed by atoms with Crippen LogP contribution in [0.3, 0.4) is 0 Å². The van der Waals surface area contributed by atoms with Gasteiger partial charge in [0.25, 0.3) is 0 Å². The lowest BCUT2D eigenvalue weighted by Crippen LogP contribution is -2.21. The zero-order valence-electron chi connectivity index (χ0n) is 12.1. The van der Waals surface area contributed by atoms with E-state index in [4.69, 9.17) is 4.98 Å². The van der Waals surface area contributed by atoms with E-state index in [0.717, 1.165) is 13.0 Å². The van der Waals surface area contributed by atoms with Gasteiger partial charge >= 0.3 is 0 Å². The fraction of sp³-hybridized carbons (Fsp3) is 0.786. The third-order valence-corrected chi connectivity index (χ3v) is 7.17. The Bertz CT molecular complexity index is 384. The van der Waals surface area contributed by atoms with Crippen LogP contribution in [-0.2, 0) is 13.0 Å². The minimum atomic E-state index is 0.541. The Kier molecular flexibility index (Phi) is 6.53. The largest absolute Gasteiger partial charge is 0.310 e. The van der Waals surface area contributed by atoms with Gasteiger partial charge in [-0.2, -0.15) is 11.8 Å². The molecule has 2 rings (SSSR count). The lowest BCUT2D eigenvalue weighted by atomic mass is 10.2. The molecule has 108 valence electrons. The van der Waals surface area contributed by atoms with Gasteiger partial charge in [0.2, 0.25) is 0 Å². The Labute approximate surface area is 129 Å². The zero-order chi connectivity index (χ0) is 13.7. The smallest absolute Gasteiger partial charge is 0.107 e. The molecule has 2 nitrogen and oxygen atoms in total. The maximum absolute atomic E-state index is 4.95. The molecule has 1 N–H and O–H groups in total. The van der Waals surface area contributed by atoms with Crippen molar-refractivity contribution in [1.29, 1.82) is 0 Å². The van der Waals surface area contributed by atoms with Crippen LogP contribution in [-0.4, -0.2) is 28.3 Å². The topological polar surface area (TPSA) is 24.9 Å². The number of rotatable bonds is 6. The van der Waals surface area contributed by atoms with E-state index in [2.05, 4.69) is 49.6 Å². The molecule has 0 radical (unpaired) electrons. The SMILES string of the molecule is CCCc1nc(C2CSCCS2)sc1CNC(C)C. The molecule has 1 aromatic rings. The molecule has 1 aliphatic rings. The first kappa shape index (κ1) is 15.7. The fourth-order valence-corrected chi connectivity index (χ4v) is 6.08. The van der Waals surface area contributed by atoms with Crippen molar-refractivity contribution in [2.75, 3.05) is 17.3 Å². The zero-order valence-corrected chi connectivity index (χ0v) is 14.5. The van der Waals surface area contributed by atoms with E-state index in [1.807, 2.05) is 11.3 Å². The van der Waals surface area contributed by atoms with Crippen LogP contribution >= 0.6 is 34.9 Å². The number of aromatic nitrogens is 1. The van der Waals surface area contributed by atoms with Crippen molar-refractivity contribution in [1.82, 2.24) is 10.3 Å². The normalized spacial score (nSPS) is 20.1. The first-order chi connectivity index (χ1) is 9.20. The molecule has 1 unspecified atom stereocenters. The molecule has 0 spiro atoms. The molecule has 0 aromatic carbocycles. The summed E-state index contributed by atoms with van der Waals surface area (Å²) in [5, 5.41) is 5.53. The quantitative estimate of drug-likeness (QED) is 0.853. The third kappa shape index (κ3) is 4.66. The van der Waals surface area contributed by atoms with Crippen LogP contribution in [0.2, 0.25) is 0 Å². The highest BCUT2D eigenvalue weighted by Gasteiger charge is 2.21. The van der Waals surface area contributed by atoms with E-state index in [9.17, 15) is 0 Å². The van der Waals surface area contributed by atoms with Crippen molar-refractivity contribution < 1.29 is 0 Å².